The molecule has 0 unspecified atom stereocenters. The first-order chi connectivity index (χ1) is 5.06. The van der Waals surface area contributed by atoms with Crippen LogP contribution in [0.15, 0.2) is 12.8 Å². The van der Waals surface area contributed by atoms with E-state index in [1.165, 1.54) is 0 Å². The summed E-state index contributed by atoms with van der Waals surface area (Å²) in [6.07, 6.45) is 1.71. The van der Waals surface area contributed by atoms with Crippen LogP contribution < -0.4 is 5.32 Å². The number of hydrogen-bond acceptors (Lipinski definition) is 1. The van der Waals surface area contributed by atoms with Crippen molar-refractivity contribution < 1.29 is 0 Å². The summed E-state index contributed by atoms with van der Waals surface area (Å²) in [5.74, 6) is 0. The number of hydrogen-bond donors (Lipinski definition) is 1. The van der Waals surface area contributed by atoms with Crippen LogP contribution in [0.25, 0.3) is 0 Å². The Hall–Kier alpha value is -0.460. The lowest BCUT2D eigenvalue weighted by molar-refractivity contribution is 0.492. The molecular weight excluding hydrogens is 134 g/mol. The fourth-order valence-corrected chi connectivity index (χ4v) is 0.306. The quantitative estimate of drug-likeness (QED) is 0.616. The van der Waals surface area contributed by atoms with Crippen LogP contribution in [0.4, 0.5) is 0 Å². The summed E-state index contributed by atoms with van der Waals surface area (Å²) in [5.41, 5.74) is 0.182. The van der Waals surface area contributed by atoms with Gasteiger partial charge in [0.15, 0.2) is 0 Å². The van der Waals surface area contributed by atoms with Crippen molar-refractivity contribution >= 4 is 0 Å². The third kappa shape index (κ3) is 43.3. The number of rotatable bonds is 1. The number of nitrogens with one attached hydrogen (secondary N) is 1. The molecule has 1 heteroatoms. The van der Waals surface area contributed by atoms with Gasteiger partial charge < -0.3 is 5.32 Å². The molecule has 0 amide bonds. The maximum absolute atomic E-state index is 3.53. The van der Waals surface area contributed by atoms with E-state index in [2.05, 4.69) is 32.7 Å². The van der Waals surface area contributed by atoms with Gasteiger partial charge in [-0.3, -0.25) is 0 Å². The van der Waals surface area contributed by atoms with Crippen molar-refractivity contribution in [1.82, 2.24) is 5.32 Å². The Morgan fingerprint density at radius 3 is 1.27 bits per heavy atom. The standard InChI is InChI=1S/C6H13N.2C2H6/c1-5-7-6(2,3)4;2*1-2/h5,7H,1H2,2-4H3;2*1-2H3. The topological polar surface area (TPSA) is 12.0 Å². The third-order valence-electron chi connectivity index (χ3n) is 0.535. The molecule has 1 nitrogen and oxygen atoms in total. The Bertz CT molecular complexity index is 59.8. The highest BCUT2D eigenvalue weighted by molar-refractivity contribution is 4.77. The fraction of sp³-hybridized carbons (Fsp3) is 0.800. The Kier molecular flexibility index (Phi) is 18.8. The first-order valence-corrected chi connectivity index (χ1v) is 4.45. The van der Waals surface area contributed by atoms with E-state index < -0.39 is 0 Å². The van der Waals surface area contributed by atoms with Crippen LogP contribution in [0.2, 0.25) is 0 Å². The second-order valence-corrected chi connectivity index (χ2v) is 2.60. The van der Waals surface area contributed by atoms with E-state index in [1.807, 2.05) is 27.7 Å². The molecule has 0 heterocycles. The monoisotopic (exact) mass is 159 g/mol. The van der Waals surface area contributed by atoms with E-state index >= 15 is 0 Å². The SMILES string of the molecule is C=CNC(C)(C)C.CC.CC. The molecule has 0 aliphatic heterocycles. The maximum atomic E-state index is 3.53. The third-order valence-corrected chi connectivity index (χ3v) is 0.535. The zero-order chi connectivity index (χ0) is 9.91. The Morgan fingerprint density at radius 1 is 1.00 bits per heavy atom. The van der Waals surface area contributed by atoms with Crippen LogP contribution in [0.1, 0.15) is 48.5 Å². The minimum absolute atomic E-state index is 0.182. The van der Waals surface area contributed by atoms with Gasteiger partial charge in [-0.2, -0.15) is 0 Å². The highest BCUT2D eigenvalue weighted by atomic mass is 14.9. The lowest BCUT2D eigenvalue weighted by Gasteiger charge is -2.17. The van der Waals surface area contributed by atoms with Gasteiger partial charge in [-0.1, -0.05) is 34.3 Å². The molecule has 70 valence electrons. The molecule has 11 heavy (non-hydrogen) atoms. The maximum Gasteiger partial charge on any atom is 0.0283 e. The summed E-state index contributed by atoms with van der Waals surface area (Å²) in [6.45, 7) is 17.8. The van der Waals surface area contributed by atoms with E-state index in [1.54, 1.807) is 6.20 Å². The van der Waals surface area contributed by atoms with Gasteiger partial charge in [-0.25, -0.2) is 0 Å². The van der Waals surface area contributed by atoms with Gasteiger partial charge in [0.25, 0.3) is 0 Å². The average molecular weight is 159 g/mol. The molecule has 0 rings (SSSR count). The molecule has 0 aromatic carbocycles. The van der Waals surface area contributed by atoms with Crippen LogP contribution in [0, 0.1) is 0 Å². The van der Waals surface area contributed by atoms with Gasteiger partial charge in [0.1, 0.15) is 0 Å². The van der Waals surface area contributed by atoms with Crippen molar-refractivity contribution in [3.05, 3.63) is 12.8 Å². The lowest BCUT2D eigenvalue weighted by atomic mass is 10.1. The molecule has 0 atom stereocenters. The summed E-state index contributed by atoms with van der Waals surface area (Å²) >= 11 is 0. The van der Waals surface area contributed by atoms with Crippen LogP contribution >= 0.6 is 0 Å². The molecule has 0 aromatic rings. The highest BCUT2D eigenvalue weighted by Crippen LogP contribution is 1.96. The molecule has 0 saturated carbocycles. The first kappa shape index (κ1) is 16.9. The zero-order valence-corrected chi connectivity index (χ0v) is 9.28. The molecule has 0 spiro atoms. The molecular formula is C10H25N. The van der Waals surface area contributed by atoms with Crippen LogP contribution in [0.3, 0.4) is 0 Å². The van der Waals surface area contributed by atoms with E-state index in [-0.39, 0.29) is 5.54 Å². The second-order valence-electron chi connectivity index (χ2n) is 2.60. The van der Waals surface area contributed by atoms with Crippen molar-refractivity contribution in [2.24, 2.45) is 0 Å². The lowest BCUT2D eigenvalue weighted by Crippen LogP contribution is -2.30. The molecule has 0 aromatic heterocycles. The summed E-state index contributed by atoms with van der Waals surface area (Å²) in [7, 11) is 0. The minimum atomic E-state index is 0.182. The van der Waals surface area contributed by atoms with Gasteiger partial charge in [-0.15, -0.1) is 0 Å². The van der Waals surface area contributed by atoms with Crippen LogP contribution in [0.5, 0.6) is 0 Å². The van der Waals surface area contributed by atoms with E-state index in [0.717, 1.165) is 0 Å². The predicted octanol–water partition coefficient (Wildman–Crippen LogP) is 3.57. The molecule has 0 aliphatic rings. The van der Waals surface area contributed by atoms with Gasteiger partial charge in [0, 0.05) is 5.54 Å². The van der Waals surface area contributed by atoms with Gasteiger partial charge in [0.2, 0.25) is 0 Å². The Morgan fingerprint density at radius 2 is 1.27 bits per heavy atom. The predicted molar refractivity (Wildman–Crippen MR) is 55.8 cm³/mol. The van der Waals surface area contributed by atoms with Gasteiger partial charge in [0.05, 0.1) is 0 Å². The first-order valence-electron chi connectivity index (χ1n) is 4.45. The summed E-state index contributed by atoms with van der Waals surface area (Å²) in [4.78, 5) is 0. The van der Waals surface area contributed by atoms with E-state index in [4.69, 9.17) is 0 Å². The smallest absolute Gasteiger partial charge is 0.0283 e. The van der Waals surface area contributed by atoms with Crippen molar-refractivity contribution in [1.29, 1.82) is 0 Å². The summed E-state index contributed by atoms with van der Waals surface area (Å²) < 4.78 is 0. The highest BCUT2D eigenvalue weighted by Gasteiger charge is 2.02. The Labute approximate surface area is 72.9 Å². The van der Waals surface area contributed by atoms with Gasteiger partial charge in [-0.05, 0) is 27.0 Å². The zero-order valence-electron chi connectivity index (χ0n) is 9.28. The molecule has 0 radical (unpaired) electrons. The van der Waals surface area contributed by atoms with E-state index in [0.29, 0.717) is 0 Å². The van der Waals surface area contributed by atoms with E-state index in [9.17, 15) is 0 Å². The summed E-state index contributed by atoms with van der Waals surface area (Å²) in [6, 6.07) is 0. The second kappa shape index (κ2) is 12.2. The van der Waals surface area contributed by atoms with Crippen LogP contribution in [-0.4, -0.2) is 5.54 Å². The minimum Gasteiger partial charge on any atom is -0.387 e. The molecule has 0 aliphatic carbocycles. The molecule has 0 saturated heterocycles. The van der Waals surface area contributed by atoms with Crippen molar-refractivity contribution in [3.8, 4) is 0 Å². The average Bonchev–Trinajstić information content (AvgIpc) is 1.94. The molecule has 1 N–H and O–H groups in total. The molecule has 0 fully saturated rings. The van der Waals surface area contributed by atoms with Crippen molar-refractivity contribution in [3.63, 3.8) is 0 Å². The Balaban J connectivity index is -0.000000138. The van der Waals surface area contributed by atoms with Crippen LogP contribution in [-0.2, 0) is 0 Å². The normalized spacial score (nSPS) is 7.91. The van der Waals surface area contributed by atoms with Gasteiger partial charge >= 0.3 is 0 Å². The van der Waals surface area contributed by atoms with Crippen molar-refractivity contribution in [2.45, 2.75) is 54.0 Å². The molecule has 0 bridgehead atoms. The largest absolute Gasteiger partial charge is 0.387 e. The van der Waals surface area contributed by atoms with Crippen molar-refractivity contribution in [2.75, 3.05) is 0 Å². The fourth-order valence-electron chi connectivity index (χ4n) is 0.306. The summed E-state index contributed by atoms with van der Waals surface area (Å²) in [5, 5.41) is 3.05.